The second-order valence-electron chi connectivity index (χ2n) is 4.83. The quantitative estimate of drug-likeness (QED) is 0.731. The van der Waals surface area contributed by atoms with Gasteiger partial charge in [0.1, 0.15) is 0 Å². The van der Waals surface area contributed by atoms with Crippen molar-refractivity contribution < 1.29 is 0 Å². The fourth-order valence-corrected chi connectivity index (χ4v) is 2.70. The summed E-state index contributed by atoms with van der Waals surface area (Å²) < 4.78 is 0. The molecule has 1 unspecified atom stereocenters. The standard InChI is InChI=1S/C14H19N3/c1-10-13(8-11-9-15-6-7-16-11)12-4-2-3-5-14(12)17-10/h2-5,11,15-17H,6-9H2,1H3. The molecule has 17 heavy (non-hydrogen) atoms. The highest BCUT2D eigenvalue weighted by molar-refractivity contribution is 5.84. The third-order valence-corrected chi connectivity index (χ3v) is 3.60. The van der Waals surface area contributed by atoms with Crippen molar-refractivity contribution in [3.05, 3.63) is 35.5 Å². The average molecular weight is 229 g/mol. The summed E-state index contributed by atoms with van der Waals surface area (Å²) in [4.78, 5) is 3.47. The highest BCUT2D eigenvalue weighted by atomic mass is 15.0. The first kappa shape index (κ1) is 10.8. The number of hydrogen-bond acceptors (Lipinski definition) is 2. The first-order valence-corrected chi connectivity index (χ1v) is 6.35. The van der Waals surface area contributed by atoms with Gasteiger partial charge in [-0.15, -0.1) is 0 Å². The molecule has 1 aliphatic rings. The van der Waals surface area contributed by atoms with E-state index < -0.39 is 0 Å². The number of aromatic amines is 1. The van der Waals surface area contributed by atoms with Gasteiger partial charge in [-0.2, -0.15) is 0 Å². The van der Waals surface area contributed by atoms with Gasteiger partial charge in [0.15, 0.2) is 0 Å². The van der Waals surface area contributed by atoms with E-state index in [1.165, 1.54) is 22.2 Å². The number of hydrogen-bond donors (Lipinski definition) is 3. The Morgan fingerprint density at radius 1 is 1.24 bits per heavy atom. The van der Waals surface area contributed by atoms with Crippen LogP contribution in [0.4, 0.5) is 0 Å². The largest absolute Gasteiger partial charge is 0.358 e. The lowest BCUT2D eigenvalue weighted by molar-refractivity contribution is 0.417. The lowest BCUT2D eigenvalue weighted by atomic mass is 10.0. The SMILES string of the molecule is Cc1[nH]c2ccccc2c1CC1CNCCN1. The zero-order valence-corrected chi connectivity index (χ0v) is 10.2. The summed E-state index contributed by atoms with van der Waals surface area (Å²) >= 11 is 0. The van der Waals surface area contributed by atoms with E-state index in [1.54, 1.807) is 0 Å². The smallest absolute Gasteiger partial charge is 0.0458 e. The Bertz CT molecular complexity index is 509. The van der Waals surface area contributed by atoms with E-state index in [0.29, 0.717) is 6.04 Å². The summed E-state index contributed by atoms with van der Waals surface area (Å²) in [6.45, 7) is 5.40. The number of H-pyrrole nitrogens is 1. The molecule has 1 aliphatic heterocycles. The van der Waals surface area contributed by atoms with Crippen LogP contribution in [0.1, 0.15) is 11.3 Å². The molecule has 3 nitrogen and oxygen atoms in total. The molecule has 2 heterocycles. The normalized spacial score (nSPS) is 20.9. The molecule has 3 N–H and O–H groups in total. The molecular formula is C14H19N3. The maximum atomic E-state index is 3.57. The van der Waals surface area contributed by atoms with Crippen LogP contribution in [0, 0.1) is 6.92 Å². The van der Waals surface area contributed by atoms with Crippen LogP contribution in [0.25, 0.3) is 10.9 Å². The van der Waals surface area contributed by atoms with Crippen molar-refractivity contribution in [2.24, 2.45) is 0 Å². The molecule has 0 spiro atoms. The molecule has 2 aromatic rings. The van der Waals surface area contributed by atoms with Crippen LogP contribution in [0.2, 0.25) is 0 Å². The van der Waals surface area contributed by atoms with Crippen molar-refractivity contribution >= 4 is 10.9 Å². The first-order valence-electron chi connectivity index (χ1n) is 6.35. The van der Waals surface area contributed by atoms with Crippen LogP contribution in [0.3, 0.4) is 0 Å². The molecule has 0 amide bonds. The van der Waals surface area contributed by atoms with E-state index in [0.717, 1.165) is 26.1 Å². The number of para-hydroxylation sites is 1. The molecule has 0 saturated carbocycles. The van der Waals surface area contributed by atoms with E-state index in [1.807, 2.05) is 0 Å². The fourth-order valence-electron chi connectivity index (χ4n) is 2.70. The number of piperazine rings is 1. The van der Waals surface area contributed by atoms with E-state index in [9.17, 15) is 0 Å². The molecule has 1 saturated heterocycles. The maximum Gasteiger partial charge on any atom is 0.0458 e. The minimum atomic E-state index is 0.557. The van der Waals surface area contributed by atoms with Crippen LogP contribution in [-0.2, 0) is 6.42 Å². The summed E-state index contributed by atoms with van der Waals surface area (Å²) in [7, 11) is 0. The topological polar surface area (TPSA) is 39.9 Å². The van der Waals surface area contributed by atoms with Crippen molar-refractivity contribution in [2.75, 3.05) is 19.6 Å². The van der Waals surface area contributed by atoms with Crippen molar-refractivity contribution in [1.29, 1.82) is 0 Å². The predicted molar refractivity (Wildman–Crippen MR) is 71.4 cm³/mol. The second-order valence-corrected chi connectivity index (χ2v) is 4.83. The van der Waals surface area contributed by atoms with Crippen molar-refractivity contribution in [1.82, 2.24) is 15.6 Å². The van der Waals surface area contributed by atoms with Gasteiger partial charge in [-0.05, 0) is 25.0 Å². The van der Waals surface area contributed by atoms with Crippen molar-refractivity contribution in [2.45, 2.75) is 19.4 Å². The molecule has 0 aliphatic carbocycles. The van der Waals surface area contributed by atoms with Gasteiger partial charge in [0.05, 0.1) is 0 Å². The maximum absolute atomic E-state index is 3.57. The molecule has 1 aromatic carbocycles. The Kier molecular flexibility index (Phi) is 2.87. The van der Waals surface area contributed by atoms with Crippen molar-refractivity contribution in [3.8, 4) is 0 Å². The van der Waals surface area contributed by atoms with Gasteiger partial charge in [0.25, 0.3) is 0 Å². The second kappa shape index (κ2) is 4.51. The van der Waals surface area contributed by atoms with Gasteiger partial charge in [0.2, 0.25) is 0 Å². The minimum Gasteiger partial charge on any atom is -0.358 e. The monoisotopic (exact) mass is 229 g/mol. The molecule has 0 bridgehead atoms. The Balaban J connectivity index is 1.90. The number of rotatable bonds is 2. The number of fused-ring (bicyclic) bond motifs is 1. The van der Waals surface area contributed by atoms with E-state index >= 15 is 0 Å². The van der Waals surface area contributed by atoms with Gasteiger partial charge >= 0.3 is 0 Å². The van der Waals surface area contributed by atoms with E-state index in [-0.39, 0.29) is 0 Å². The predicted octanol–water partition coefficient (Wildman–Crippen LogP) is 1.58. The lowest BCUT2D eigenvalue weighted by Crippen LogP contribution is -2.49. The average Bonchev–Trinajstić information content (AvgIpc) is 2.68. The highest BCUT2D eigenvalue weighted by Crippen LogP contribution is 2.23. The number of benzene rings is 1. The van der Waals surface area contributed by atoms with Gasteiger partial charge < -0.3 is 15.6 Å². The Morgan fingerprint density at radius 2 is 2.12 bits per heavy atom. The molecule has 1 atom stereocenters. The number of aromatic nitrogens is 1. The van der Waals surface area contributed by atoms with Gasteiger partial charge in [-0.3, -0.25) is 0 Å². The Labute approximate surface area is 102 Å². The van der Waals surface area contributed by atoms with E-state index in [4.69, 9.17) is 0 Å². The summed E-state index contributed by atoms with van der Waals surface area (Å²) in [6.07, 6.45) is 1.10. The summed E-state index contributed by atoms with van der Waals surface area (Å²) in [5.74, 6) is 0. The minimum absolute atomic E-state index is 0.557. The number of nitrogens with one attached hydrogen (secondary N) is 3. The summed E-state index contributed by atoms with van der Waals surface area (Å²) in [5.41, 5.74) is 4.02. The fraction of sp³-hybridized carbons (Fsp3) is 0.429. The molecular weight excluding hydrogens is 210 g/mol. The molecule has 90 valence electrons. The van der Waals surface area contributed by atoms with Crippen LogP contribution < -0.4 is 10.6 Å². The van der Waals surface area contributed by atoms with Crippen LogP contribution in [0.15, 0.2) is 24.3 Å². The molecule has 1 fully saturated rings. The van der Waals surface area contributed by atoms with Gasteiger partial charge in [0, 0.05) is 42.3 Å². The van der Waals surface area contributed by atoms with Gasteiger partial charge in [-0.1, -0.05) is 18.2 Å². The van der Waals surface area contributed by atoms with Crippen molar-refractivity contribution in [3.63, 3.8) is 0 Å². The molecule has 0 radical (unpaired) electrons. The van der Waals surface area contributed by atoms with Crippen LogP contribution >= 0.6 is 0 Å². The van der Waals surface area contributed by atoms with E-state index in [2.05, 4.69) is 46.8 Å². The number of aryl methyl sites for hydroxylation is 1. The van der Waals surface area contributed by atoms with Crippen LogP contribution in [0.5, 0.6) is 0 Å². The third-order valence-electron chi connectivity index (χ3n) is 3.60. The van der Waals surface area contributed by atoms with Gasteiger partial charge in [-0.25, -0.2) is 0 Å². The Hall–Kier alpha value is -1.32. The zero-order chi connectivity index (χ0) is 11.7. The first-order chi connectivity index (χ1) is 8.34. The van der Waals surface area contributed by atoms with Crippen LogP contribution in [-0.4, -0.2) is 30.7 Å². The zero-order valence-electron chi connectivity index (χ0n) is 10.2. The summed E-state index contributed by atoms with van der Waals surface area (Å²) in [6, 6.07) is 9.12. The molecule has 3 rings (SSSR count). The molecule has 1 aromatic heterocycles. The molecule has 3 heteroatoms. The summed E-state index contributed by atoms with van der Waals surface area (Å²) in [5, 5.41) is 8.39. The lowest BCUT2D eigenvalue weighted by Gasteiger charge is -2.24. The Morgan fingerprint density at radius 3 is 2.94 bits per heavy atom. The highest BCUT2D eigenvalue weighted by Gasteiger charge is 2.16. The third kappa shape index (κ3) is 2.08.